The molecule has 4 N–H and O–H groups in total. The molecule has 0 saturated heterocycles. The predicted octanol–water partition coefficient (Wildman–Crippen LogP) is 2.52. The molecule has 4 nitrogen and oxygen atoms in total. The Kier molecular flexibility index (Phi) is 4.37. The fourth-order valence-corrected chi connectivity index (χ4v) is 1.90. The number of nitrogen functional groups attached to an aromatic ring is 1. The lowest BCUT2D eigenvalue weighted by molar-refractivity contribution is 0.0964. The number of carbonyl (C=O) groups excluding carboxylic acids is 1. The Balaban J connectivity index is 2.23. The molecule has 2 aromatic rings. The van der Waals surface area contributed by atoms with Gasteiger partial charge in [0.2, 0.25) is 0 Å². The zero-order valence-corrected chi connectivity index (χ0v) is 11.4. The summed E-state index contributed by atoms with van der Waals surface area (Å²) in [7, 11) is 1.52. The number of rotatable bonds is 4. The van der Waals surface area contributed by atoms with E-state index in [0.29, 0.717) is 22.5 Å². The lowest BCUT2D eigenvalue weighted by atomic mass is 10.1. The van der Waals surface area contributed by atoms with Crippen LogP contribution in [0.3, 0.4) is 0 Å². The van der Waals surface area contributed by atoms with Gasteiger partial charge in [-0.3, -0.25) is 4.79 Å². The van der Waals surface area contributed by atoms with E-state index in [0.717, 1.165) is 6.07 Å². The summed E-state index contributed by atoms with van der Waals surface area (Å²) in [6, 6.07) is 8.12. The van der Waals surface area contributed by atoms with Gasteiger partial charge in [0.25, 0.3) is 5.91 Å². The van der Waals surface area contributed by atoms with Crippen LogP contribution in [-0.4, -0.2) is 13.0 Å². The maximum absolute atomic E-state index is 13.6. The van der Waals surface area contributed by atoms with Crippen molar-refractivity contribution in [3.8, 4) is 0 Å². The van der Waals surface area contributed by atoms with E-state index in [2.05, 4.69) is 10.6 Å². The fourth-order valence-electron chi connectivity index (χ4n) is 1.90. The number of anilines is 2. The van der Waals surface area contributed by atoms with Crippen LogP contribution in [0, 0.1) is 11.6 Å². The van der Waals surface area contributed by atoms with E-state index in [1.165, 1.54) is 19.2 Å². The molecular formula is C15H15F2N3O. The highest BCUT2D eigenvalue weighted by molar-refractivity contribution is 6.00. The Morgan fingerprint density at radius 1 is 1.19 bits per heavy atom. The van der Waals surface area contributed by atoms with Crippen molar-refractivity contribution >= 4 is 17.3 Å². The minimum absolute atomic E-state index is 0.111. The van der Waals surface area contributed by atoms with Gasteiger partial charge in [-0.15, -0.1) is 0 Å². The van der Waals surface area contributed by atoms with Gasteiger partial charge in [-0.2, -0.15) is 0 Å². The minimum atomic E-state index is -0.645. The molecule has 0 aromatic heterocycles. The molecule has 2 rings (SSSR count). The van der Waals surface area contributed by atoms with E-state index in [1.54, 1.807) is 18.2 Å². The van der Waals surface area contributed by atoms with Crippen LogP contribution < -0.4 is 16.4 Å². The molecule has 0 radical (unpaired) electrons. The SMILES string of the molecule is CNC(=O)c1ccc(N)cc1NCc1ccc(F)cc1F. The highest BCUT2D eigenvalue weighted by Gasteiger charge is 2.11. The average molecular weight is 291 g/mol. The van der Waals surface area contributed by atoms with Gasteiger partial charge in [0.05, 0.1) is 5.56 Å². The maximum atomic E-state index is 13.6. The number of carbonyl (C=O) groups is 1. The number of hydrogen-bond donors (Lipinski definition) is 3. The quantitative estimate of drug-likeness (QED) is 0.758. The van der Waals surface area contributed by atoms with Gasteiger partial charge < -0.3 is 16.4 Å². The number of nitrogens with one attached hydrogen (secondary N) is 2. The normalized spacial score (nSPS) is 10.2. The van der Waals surface area contributed by atoms with E-state index >= 15 is 0 Å². The predicted molar refractivity (Wildman–Crippen MR) is 77.9 cm³/mol. The maximum Gasteiger partial charge on any atom is 0.253 e. The summed E-state index contributed by atoms with van der Waals surface area (Å²) in [4.78, 5) is 11.8. The molecule has 0 aliphatic rings. The first-order valence-electron chi connectivity index (χ1n) is 6.30. The number of hydrogen-bond acceptors (Lipinski definition) is 3. The third-order valence-electron chi connectivity index (χ3n) is 3.00. The molecule has 6 heteroatoms. The molecular weight excluding hydrogens is 276 g/mol. The Morgan fingerprint density at radius 2 is 1.95 bits per heavy atom. The summed E-state index contributed by atoms with van der Waals surface area (Å²) in [6.45, 7) is 0.111. The van der Waals surface area contributed by atoms with E-state index in [9.17, 15) is 13.6 Å². The second-order valence-corrected chi connectivity index (χ2v) is 4.47. The van der Waals surface area contributed by atoms with Crippen LogP contribution in [0.1, 0.15) is 15.9 Å². The first-order chi connectivity index (χ1) is 10.0. The van der Waals surface area contributed by atoms with E-state index in [-0.39, 0.29) is 12.5 Å². The van der Waals surface area contributed by atoms with Crippen LogP contribution in [0.25, 0.3) is 0 Å². The summed E-state index contributed by atoms with van der Waals surface area (Å²) < 4.78 is 26.4. The molecule has 2 aromatic carbocycles. The standard InChI is InChI=1S/C15H15F2N3O/c1-19-15(21)12-5-4-11(18)7-14(12)20-8-9-2-3-10(16)6-13(9)17/h2-7,20H,8,18H2,1H3,(H,19,21). The van der Waals surface area contributed by atoms with Crippen LogP contribution in [0.15, 0.2) is 36.4 Å². The van der Waals surface area contributed by atoms with Gasteiger partial charge in [0, 0.05) is 36.6 Å². The third-order valence-corrected chi connectivity index (χ3v) is 3.00. The highest BCUT2D eigenvalue weighted by atomic mass is 19.1. The summed E-state index contributed by atoms with van der Waals surface area (Å²) in [5, 5.41) is 5.46. The van der Waals surface area contributed by atoms with Gasteiger partial charge >= 0.3 is 0 Å². The highest BCUT2D eigenvalue weighted by Crippen LogP contribution is 2.21. The van der Waals surface area contributed by atoms with E-state index < -0.39 is 11.6 Å². The van der Waals surface area contributed by atoms with Crippen molar-refractivity contribution in [2.45, 2.75) is 6.54 Å². The summed E-state index contributed by atoms with van der Waals surface area (Å²) in [5.74, 6) is -1.56. The zero-order valence-electron chi connectivity index (χ0n) is 11.4. The van der Waals surface area contributed by atoms with Crippen LogP contribution in [0.2, 0.25) is 0 Å². The molecule has 21 heavy (non-hydrogen) atoms. The van der Waals surface area contributed by atoms with Crippen molar-refractivity contribution in [2.24, 2.45) is 0 Å². The van der Waals surface area contributed by atoms with Gasteiger partial charge in [0.1, 0.15) is 11.6 Å². The van der Waals surface area contributed by atoms with Crippen LogP contribution in [-0.2, 0) is 6.54 Å². The largest absolute Gasteiger partial charge is 0.399 e. The van der Waals surface area contributed by atoms with Crippen LogP contribution >= 0.6 is 0 Å². The Labute approximate surface area is 121 Å². The number of amides is 1. The fraction of sp³-hybridized carbons (Fsp3) is 0.133. The number of benzene rings is 2. The molecule has 0 unspecified atom stereocenters. The second kappa shape index (κ2) is 6.21. The van der Waals surface area contributed by atoms with Gasteiger partial charge in [-0.25, -0.2) is 8.78 Å². The zero-order chi connectivity index (χ0) is 15.4. The first-order valence-corrected chi connectivity index (χ1v) is 6.30. The second-order valence-electron chi connectivity index (χ2n) is 4.47. The van der Waals surface area contributed by atoms with Crippen molar-refractivity contribution in [3.63, 3.8) is 0 Å². The molecule has 110 valence electrons. The van der Waals surface area contributed by atoms with E-state index in [4.69, 9.17) is 5.73 Å². The smallest absolute Gasteiger partial charge is 0.253 e. The van der Waals surface area contributed by atoms with Crippen molar-refractivity contribution in [3.05, 3.63) is 59.2 Å². The van der Waals surface area contributed by atoms with Gasteiger partial charge in [-0.1, -0.05) is 6.07 Å². The molecule has 0 saturated carbocycles. The molecule has 0 spiro atoms. The number of nitrogens with two attached hydrogens (primary N) is 1. The number of halogens is 2. The summed E-state index contributed by atoms with van der Waals surface area (Å²) >= 11 is 0. The molecule has 0 fully saturated rings. The minimum Gasteiger partial charge on any atom is -0.399 e. The molecule has 0 bridgehead atoms. The lowest BCUT2D eigenvalue weighted by Gasteiger charge is -2.12. The molecule has 0 heterocycles. The van der Waals surface area contributed by atoms with Crippen molar-refractivity contribution in [1.82, 2.24) is 5.32 Å². The van der Waals surface area contributed by atoms with Crippen LogP contribution in [0.4, 0.5) is 20.2 Å². The monoisotopic (exact) mass is 291 g/mol. The topological polar surface area (TPSA) is 67.2 Å². The molecule has 0 aliphatic carbocycles. The van der Waals surface area contributed by atoms with Crippen molar-refractivity contribution in [1.29, 1.82) is 0 Å². The first kappa shape index (κ1) is 14.8. The van der Waals surface area contributed by atoms with Crippen molar-refractivity contribution < 1.29 is 13.6 Å². The van der Waals surface area contributed by atoms with Gasteiger partial charge in [0.15, 0.2) is 0 Å². The van der Waals surface area contributed by atoms with Gasteiger partial charge in [-0.05, 0) is 24.3 Å². The molecule has 0 atom stereocenters. The summed E-state index contributed by atoms with van der Waals surface area (Å²) in [6.07, 6.45) is 0. The molecule has 0 aliphatic heterocycles. The molecule has 1 amide bonds. The Bertz CT molecular complexity index is 674. The summed E-state index contributed by atoms with van der Waals surface area (Å²) in [5.41, 5.74) is 7.34. The van der Waals surface area contributed by atoms with E-state index in [1.807, 2.05) is 0 Å². The Hall–Kier alpha value is -2.63. The average Bonchev–Trinajstić information content (AvgIpc) is 2.45. The van der Waals surface area contributed by atoms with Crippen molar-refractivity contribution in [2.75, 3.05) is 18.1 Å². The van der Waals surface area contributed by atoms with Crippen LogP contribution in [0.5, 0.6) is 0 Å². The Morgan fingerprint density at radius 3 is 2.62 bits per heavy atom. The lowest BCUT2D eigenvalue weighted by Crippen LogP contribution is -2.20. The third kappa shape index (κ3) is 3.47.